The van der Waals surface area contributed by atoms with Crippen LogP contribution in [0.3, 0.4) is 0 Å². The van der Waals surface area contributed by atoms with Gasteiger partial charge in [-0.3, -0.25) is 4.79 Å². The van der Waals surface area contributed by atoms with Gasteiger partial charge in [0, 0.05) is 6.07 Å². The van der Waals surface area contributed by atoms with Gasteiger partial charge in [0.1, 0.15) is 16.2 Å². The summed E-state index contributed by atoms with van der Waals surface area (Å²) in [6.07, 6.45) is 0. The number of rotatable bonds is 5. The van der Waals surface area contributed by atoms with Crippen LogP contribution in [-0.2, 0) is 4.79 Å². The van der Waals surface area contributed by atoms with Gasteiger partial charge in [0.25, 0.3) is 0 Å². The van der Waals surface area contributed by atoms with Crippen molar-refractivity contribution in [3.05, 3.63) is 18.2 Å². The quantitative estimate of drug-likeness (QED) is 0.821. The fourth-order valence-corrected chi connectivity index (χ4v) is 2.19. The normalized spacial score (nSPS) is 11.1. The molecule has 1 aromatic carbocycles. The number of hydrogen-bond donors (Lipinski definition) is 1. The van der Waals surface area contributed by atoms with Gasteiger partial charge in [-0.05, 0) is 26.0 Å². The summed E-state index contributed by atoms with van der Waals surface area (Å²) in [6, 6.07) is 5.32. The molecule has 0 atom stereocenters. The van der Waals surface area contributed by atoms with E-state index in [0.717, 1.165) is 4.90 Å². The first-order valence-corrected chi connectivity index (χ1v) is 5.87. The molecule has 0 radical (unpaired) electrons. The molecule has 0 saturated heterocycles. The molecule has 1 N–H and O–H groups in total. The highest BCUT2D eigenvalue weighted by molar-refractivity contribution is 8.01. The van der Waals surface area contributed by atoms with Crippen molar-refractivity contribution in [2.24, 2.45) is 0 Å². The predicted molar refractivity (Wildman–Crippen MR) is 67.1 cm³/mol. The molecule has 0 fully saturated rings. The summed E-state index contributed by atoms with van der Waals surface area (Å²) in [4.78, 5) is 11.8. The van der Waals surface area contributed by atoms with Gasteiger partial charge in [-0.15, -0.1) is 11.8 Å². The van der Waals surface area contributed by atoms with Crippen molar-refractivity contribution in [3.8, 4) is 11.5 Å². The standard InChI is InChI=1S/C12H16O4S/c1-12(2,11(13)14)17-10-6-5-8(15-3)7-9(10)16-4/h5-7H,1-4H3,(H,13,14). The molecule has 1 aromatic rings. The molecular formula is C12H16O4S. The number of aliphatic carboxylic acids is 1. The summed E-state index contributed by atoms with van der Waals surface area (Å²) in [5, 5.41) is 9.08. The first-order chi connectivity index (χ1) is 7.90. The van der Waals surface area contributed by atoms with Crippen LogP contribution in [0.1, 0.15) is 13.8 Å². The summed E-state index contributed by atoms with van der Waals surface area (Å²) in [5.41, 5.74) is 0. The number of methoxy groups -OCH3 is 2. The number of carboxylic acid groups (broad SMARTS) is 1. The van der Waals surface area contributed by atoms with E-state index in [4.69, 9.17) is 14.6 Å². The molecule has 0 aliphatic rings. The van der Waals surface area contributed by atoms with Crippen molar-refractivity contribution in [1.29, 1.82) is 0 Å². The second kappa shape index (κ2) is 5.31. The van der Waals surface area contributed by atoms with Gasteiger partial charge in [-0.1, -0.05) is 0 Å². The summed E-state index contributed by atoms with van der Waals surface area (Å²) in [6.45, 7) is 3.31. The van der Waals surface area contributed by atoms with Crippen molar-refractivity contribution in [3.63, 3.8) is 0 Å². The Hall–Kier alpha value is -1.36. The maximum atomic E-state index is 11.1. The molecule has 17 heavy (non-hydrogen) atoms. The predicted octanol–water partition coefficient (Wildman–Crippen LogP) is 2.66. The number of thioether (sulfide) groups is 1. The van der Waals surface area contributed by atoms with Crippen LogP contribution in [0, 0.1) is 0 Å². The molecule has 0 aliphatic carbocycles. The van der Waals surface area contributed by atoms with Gasteiger partial charge < -0.3 is 14.6 Å². The van der Waals surface area contributed by atoms with Crippen molar-refractivity contribution in [2.45, 2.75) is 23.5 Å². The zero-order valence-electron chi connectivity index (χ0n) is 10.3. The maximum Gasteiger partial charge on any atom is 0.319 e. The Labute approximate surface area is 105 Å². The summed E-state index contributed by atoms with van der Waals surface area (Å²) < 4.78 is 9.40. The van der Waals surface area contributed by atoms with Gasteiger partial charge >= 0.3 is 5.97 Å². The van der Waals surface area contributed by atoms with Gasteiger partial charge in [0.05, 0.1) is 19.1 Å². The minimum atomic E-state index is -0.901. The van der Waals surface area contributed by atoms with E-state index in [1.54, 1.807) is 46.3 Å². The lowest BCUT2D eigenvalue weighted by Crippen LogP contribution is -2.26. The highest BCUT2D eigenvalue weighted by atomic mass is 32.2. The number of carbonyl (C=O) groups is 1. The third-order valence-electron chi connectivity index (χ3n) is 2.25. The van der Waals surface area contributed by atoms with Crippen LogP contribution in [0.2, 0.25) is 0 Å². The second-order valence-corrected chi connectivity index (χ2v) is 5.60. The van der Waals surface area contributed by atoms with E-state index in [-0.39, 0.29) is 0 Å². The Morgan fingerprint density at radius 2 is 1.94 bits per heavy atom. The van der Waals surface area contributed by atoms with Crippen LogP contribution >= 0.6 is 11.8 Å². The Bertz CT molecular complexity index is 415. The molecule has 0 amide bonds. The molecule has 0 unspecified atom stereocenters. The van der Waals surface area contributed by atoms with Gasteiger partial charge in [-0.25, -0.2) is 0 Å². The van der Waals surface area contributed by atoms with Crippen molar-refractivity contribution in [1.82, 2.24) is 0 Å². The molecule has 0 heterocycles. The monoisotopic (exact) mass is 256 g/mol. The number of benzene rings is 1. The van der Waals surface area contributed by atoms with E-state index in [9.17, 15) is 4.79 Å². The third kappa shape index (κ3) is 3.30. The second-order valence-electron chi connectivity index (χ2n) is 3.93. The molecule has 1 rings (SSSR count). The Morgan fingerprint density at radius 1 is 1.29 bits per heavy atom. The Balaban J connectivity index is 3.02. The largest absolute Gasteiger partial charge is 0.497 e. The molecule has 0 spiro atoms. The first kappa shape index (κ1) is 13.7. The zero-order valence-corrected chi connectivity index (χ0v) is 11.1. The topological polar surface area (TPSA) is 55.8 Å². The van der Waals surface area contributed by atoms with Crippen LogP contribution in [0.5, 0.6) is 11.5 Å². The Kier molecular flexibility index (Phi) is 4.28. The lowest BCUT2D eigenvalue weighted by atomic mass is 10.2. The molecule has 0 aromatic heterocycles. The minimum Gasteiger partial charge on any atom is -0.497 e. The molecule has 5 heteroatoms. The third-order valence-corrected chi connectivity index (χ3v) is 3.49. The minimum absolute atomic E-state index is 0.615. The lowest BCUT2D eigenvalue weighted by molar-refractivity contribution is -0.138. The summed E-state index contributed by atoms with van der Waals surface area (Å²) in [5.74, 6) is 0.434. The van der Waals surface area contributed by atoms with Crippen molar-refractivity contribution < 1.29 is 19.4 Å². The van der Waals surface area contributed by atoms with Crippen molar-refractivity contribution >= 4 is 17.7 Å². The van der Waals surface area contributed by atoms with E-state index >= 15 is 0 Å². The molecular weight excluding hydrogens is 240 g/mol. The fraction of sp³-hybridized carbons (Fsp3) is 0.417. The van der Waals surface area contributed by atoms with Gasteiger partial charge in [0.2, 0.25) is 0 Å². The van der Waals surface area contributed by atoms with Crippen LogP contribution in [0.4, 0.5) is 0 Å². The van der Waals surface area contributed by atoms with Gasteiger partial charge in [-0.2, -0.15) is 0 Å². The molecule has 94 valence electrons. The van der Waals surface area contributed by atoms with Crippen LogP contribution < -0.4 is 9.47 Å². The number of ether oxygens (including phenoxy) is 2. The highest BCUT2D eigenvalue weighted by Crippen LogP contribution is 2.39. The van der Waals surface area contributed by atoms with Gasteiger partial charge in [0.15, 0.2) is 0 Å². The lowest BCUT2D eigenvalue weighted by Gasteiger charge is -2.20. The van der Waals surface area contributed by atoms with Crippen LogP contribution in [0.15, 0.2) is 23.1 Å². The van der Waals surface area contributed by atoms with E-state index in [0.29, 0.717) is 11.5 Å². The molecule has 4 nitrogen and oxygen atoms in total. The van der Waals surface area contributed by atoms with E-state index < -0.39 is 10.7 Å². The zero-order chi connectivity index (χ0) is 13.1. The molecule has 0 aliphatic heterocycles. The molecule has 0 saturated carbocycles. The highest BCUT2D eigenvalue weighted by Gasteiger charge is 2.29. The van der Waals surface area contributed by atoms with Crippen molar-refractivity contribution in [2.75, 3.05) is 14.2 Å². The number of carboxylic acids is 1. The smallest absolute Gasteiger partial charge is 0.319 e. The average Bonchev–Trinajstić information content (AvgIpc) is 2.29. The van der Waals surface area contributed by atoms with Crippen LogP contribution in [0.25, 0.3) is 0 Å². The number of hydrogen-bond acceptors (Lipinski definition) is 4. The molecule has 0 bridgehead atoms. The SMILES string of the molecule is COc1ccc(SC(C)(C)C(=O)O)c(OC)c1. The Morgan fingerprint density at radius 3 is 2.41 bits per heavy atom. The average molecular weight is 256 g/mol. The van der Waals surface area contributed by atoms with E-state index in [1.807, 2.05) is 0 Å². The summed E-state index contributed by atoms with van der Waals surface area (Å²) >= 11 is 1.24. The fourth-order valence-electron chi connectivity index (χ4n) is 1.18. The van der Waals surface area contributed by atoms with E-state index in [2.05, 4.69) is 0 Å². The first-order valence-electron chi connectivity index (χ1n) is 5.05. The van der Waals surface area contributed by atoms with E-state index in [1.165, 1.54) is 11.8 Å². The maximum absolute atomic E-state index is 11.1. The summed E-state index contributed by atoms with van der Waals surface area (Å²) in [7, 11) is 3.12. The van der Waals surface area contributed by atoms with Crippen LogP contribution in [-0.4, -0.2) is 30.0 Å².